The van der Waals surface area contributed by atoms with Gasteiger partial charge in [-0.25, -0.2) is 9.07 Å². The fourth-order valence-electron chi connectivity index (χ4n) is 3.23. The number of nitrogens with zero attached hydrogens (tertiary/aromatic N) is 3. The van der Waals surface area contributed by atoms with E-state index in [9.17, 15) is 4.39 Å². The van der Waals surface area contributed by atoms with E-state index in [4.69, 9.17) is 10.5 Å². The van der Waals surface area contributed by atoms with Gasteiger partial charge in [0.1, 0.15) is 11.6 Å². The number of nitrogens with one attached hydrogen (secondary N) is 1. The number of benzene rings is 2. The van der Waals surface area contributed by atoms with Crippen molar-refractivity contribution in [1.29, 1.82) is 0 Å². The molecule has 0 saturated heterocycles. The number of hydrogen-bond acceptors (Lipinski definition) is 5. The van der Waals surface area contributed by atoms with Crippen molar-refractivity contribution in [3.8, 4) is 5.75 Å². The molecule has 2 heterocycles. The molecule has 0 radical (unpaired) electrons. The Morgan fingerprint density at radius 3 is 2.76 bits per heavy atom. The monoisotopic (exact) mass is 339 g/mol. The zero-order valence-electron chi connectivity index (χ0n) is 13.7. The van der Waals surface area contributed by atoms with Crippen molar-refractivity contribution in [3.63, 3.8) is 0 Å². The fraction of sp³-hybridized carbons (Fsp3) is 0.222. The number of nitrogen functional groups attached to an aromatic ring is 1. The van der Waals surface area contributed by atoms with E-state index in [1.54, 1.807) is 23.9 Å². The van der Waals surface area contributed by atoms with Crippen LogP contribution >= 0.6 is 0 Å². The summed E-state index contributed by atoms with van der Waals surface area (Å²) in [6.45, 7) is 0. The first-order valence-corrected chi connectivity index (χ1v) is 8.02. The van der Waals surface area contributed by atoms with Gasteiger partial charge in [-0.1, -0.05) is 24.3 Å². The fourth-order valence-corrected chi connectivity index (χ4v) is 3.23. The lowest BCUT2D eigenvalue weighted by atomic mass is 9.93. The molecule has 2 aromatic carbocycles. The van der Waals surface area contributed by atoms with Crippen LogP contribution in [-0.2, 0) is 0 Å². The van der Waals surface area contributed by atoms with E-state index in [1.165, 1.54) is 12.1 Å². The molecule has 0 saturated carbocycles. The molecule has 25 heavy (non-hydrogen) atoms. The molecule has 0 spiro atoms. The maximum Gasteiger partial charge on any atom is 0.241 e. The van der Waals surface area contributed by atoms with Gasteiger partial charge < -0.3 is 15.8 Å². The highest BCUT2D eigenvalue weighted by Crippen LogP contribution is 2.38. The normalized spacial score (nSPS) is 19.1. The Kier molecular flexibility index (Phi) is 3.76. The number of fused-ring (bicyclic) bond motifs is 1. The molecule has 0 amide bonds. The molecule has 3 N–H and O–H groups in total. The van der Waals surface area contributed by atoms with Crippen molar-refractivity contribution in [2.45, 2.75) is 18.5 Å². The summed E-state index contributed by atoms with van der Waals surface area (Å²) in [5.74, 6) is 1.34. The van der Waals surface area contributed by atoms with E-state index in [-0.39, 0.29) is 23.8 Å². The van der Waals surface area contributed by atoms with Crippen molar-refractivity contribution >= 4 is 11.9 Å². The Labute approximate surface area is 144 Å². The molecule has 0 unspecified atom stereocenters. The van der Waals surface area contributed by atoms with Crippen LogP contribution in [0.3, 0.4) is 0 Å². The van der Waals surface area contributed by atoms with Gasteiger partial charge in [0.25, 0.3) is 0 Å². The average molecular weight is 339 g/mol. The Morgan fingerprint density at radius 2 is 2.00 bits per heavy atom. The third-order valence-electron chi connectivity index (χ3n) is 4.46. The van der Waals surface area contributed by atoms with E-state index in [2.05, 4.69) is 15.4 Å². The van der Waals surface area contributed by atoms with Crippen LogP contribution in [0.25, 0.3) is 0 Å². The van der Waals surface area contributed by atoms with Crippen LogP contribution in [0.5, 0.6) is 5.75 Å². The smallest absolute Gasteiger partial charge is 0.241 e. The molecule has 4 rings (SSSR count). The van der Waals surface area contributed by atoms with E-state index in [1.807, 2.05) is 24.3 Å². The van der Waals surface area contributed by atoms with Gasteiger partial charge in [0, 0.05) is 0 Å². The topological polar surface area (TPSA) is 78.0 Å². The molecule has 0 bridgehead atoms. The maximum absolute atomic E-state index is 13.3. The van der Waals surface area contributed by atoms with Crippen LogP contribution in [0.1, 0.15) is 29.6 Å². The summed E-state index contributed by atoms with van der Waals surface area (Å²) in [5.41, 5.74) is 7.83. The van der Waals surface area contributed by atoms with Crippen molar-refractivity contribution < 1.29 is 9.13 Å². The van der Waals surface area contributed by atoms with Crippen LogP contribution < -0.4 is 15.8 Å². The summed E-state index contributed by atoms with van der Waals surface area (Å²) in [7, 11) is 1.64. The molecule has 2 atom stereocenters. The minimum atomic E-state index is -0.264. The number of hydrogen-bond donors (Lipinski definition) is 2. The molecule has 3 aromatic rings. The summed E-state index contributed by atoms with van der Waals surface area (Å²) in [5, 5.41) is 7.67. The third kappa shape index (κ3) is 2.88. The standard InChI is InChI=1S/C18H18FN5O/c1-25-14-4-2-3-12(9-14)15-10-16(11-5-7-13(19)8-6-11)24-18(21-15)22-17(20)23-24/h2-9,15-16H,10H2,1H3,(H3,20,21,22,23)/t15-,16+/m0/s1. The van der Waals surface area contributed by atoms with E-state index >= 15 is 0 Å². The third-order valence-corrected chi connectivity index (χ3v) is 4.46. The number of aromatic nitrogens is 3. The van der Waals surface area contributed by atoms with E-state index in [0.717, 1.165) is 23.3 Å². The SMILES string of the molecule is COc1cccc([C@@H]2C[C@H](c3ccc(F)cc3)n3nc(N)nc3N2)c1. The van der Waals surface area contributed by atoms with Crippen LogP contribution in [-0.4, -0.2) is 21.9 Å². The van der Waals surface area contributed by atoms with Gasteiger partial charge in [0.05, 0.1) is 19.2 Å². The highest BCUT2D eigenvalue weighted by Gasteiger charge is 2.31. The minimum absolute atomic E-state index is 0.0150. The molecule has 1 aliphatic heterocycles. The summed E-state index contributed by atoms with van der Waals surface area (Å²) in [4.78, 5) is 4.28. The van der Waals surface area contributed by atoms with Crippen molar-refractivity contribution in [1.82, 2.24) is 14.8 Å². The van der Waals surface area contributed by atoms with Crippen LogP contribution in [0.4, 0.5) is 16.3 Å². The molecule has 0 aliphatic carbocycles. The number of methoxy groups -OCH3 is 1. The second kappa shape index (κ2) is 6.08. The predicted octanol–water partition coefficient (Wildman–Crippen LogP) is 3.15. The largest absolute Gasteiger partial charge is 0.497 e. The van der Waals surface area contributed by atoms with Crippen LogP contribution in [0.15, 0.2) is 48.5 Å². The Morgan fingerprint density at radius 1 is 1.20 bits per heavy atom. The molecule has 1 aliphatic rings. The van der Waals surface area contributed by atoms with Gasteiger partial charge >= 0.3 is 0 Å². The Bertz CT molecular complexity index is 893. The maximum atomic E-state index is 13.3. The van der Waals surface area contributed by atoms with Gasteiger partial charge in [-0.3, -0.25) is 0 Å². The minimum Gasteiger partial charge on any atom is -0.497 e. The molecular weight excluding hydrogens is 321 g/mol. The second-order valence-corrected chi connectivity index (χ2v) is 6.01. The molecule has 7 heteroatoms. The summed E-state index contributed by atoms with van der Waals surface area (Å²) >= 11 is 0. The van der Waals surface area contributed by atoms with E-state index < -0.39 is 0 Å². The lowest BCUT2D eigenvalue weighted by Gasteiger charge is -2.31. The number of ether oxygens (including phenoxy) is 1. The predicted molar refractivity (Wildman–Crippen MR) is 92.9 cm³/mol. The first-order valence-electron chi connectivity index (χ1n) is 8.02. The number of anilines is 2. The lowest BCUT2D eigenvalue weighted by Crippen LogP contribution is -2.28. The number of nitrogens with two attached hydrogens (primary N) is 1. The quantitative estimate of drug-likeness (QED) is 0.766. The molecule has 0 fully saturated rings. The Balaban J connectivity index is 1.74. The second-order valence-electron chi connectivity index (χ2n) is 6.01. The van der Waals surface area contributed by atoms with Gasteiger partial charge in [-0.05, 0) is 41.8 Å². The Hall–Kier alpha value is -3.09. The van der Waals surface area contributed by atoms with Gasteiger partial charge in [0.15, 0.2) is 0 Å². The summed E-state index contributed by atoms with van der Waals surface area (Å²) in [6, 6.07) is 14.3. The van der Waals surface area contributed by atoms with E-state index in [0.29, 0.717) is 5.95 Å². The number of rotatable bonds is 3. The first kappa shape index (κ1) is 15.4. The van der Waals surface area contributed by atoms with Crippen LogP contribution in [0.2, 0.25) is 0 Å². The zero-order chi connectivity index (χ0) is 17.4. The highest BCUT2D eigenvalue weighted by molar-refractivity contribution is 5.43. The molecular formula is C18H18FN5O. The number of halogens is 1. The van der Waals surface area contributed by atoms with Gasteiger partial charge in [0.2, 0.25) is 11.9 Å². The average Bonchev–Trinajstić information content (AvgIpc) is 3.02. The van der Waals surface area contributed by atoms with Crippen molar-refractivity contribution in [2.24, 2.45) is 0 Å². The molecule has 1 aromatic heterocycles. The highest BCUT2D eigenvalue weighted by atomic mass is 19.1. The molecule has 6 nitrogen and oxygen atoms in total. The molecule has 128 valence electrons. The van der Waals surface area contributed by atoms with Crippen molar-refractivity contribution in [3.05, 3.63) is 65.5 Å². The lowest BCUT2D eigenvalue weighted by molar-refractivity contribution is 0.410. The summed E-state index contributed by atoms with van der Waals surface area (Å²) in [6.07, 6.45) is 0.731. The first-order chi connectivity index (χ1) is 12.1. The van der Waals surface area contributed by atoms with Crippen molar-refractivity contribution in [2.75, 3.05) is 18.2 Å². The zero-order valence-corrected chi connectivity index (χ0v) is 13.7. The van der Waals surface area contributed by atoms with Crippen LogP contribution in [0, 0.1) is 5.82 Å². The van der Waals surface area contributed by atoms with Gasteiger partial charge in [-0.2, -0.15) is 4.98 Å². The van der Waals surface area contributed by atoms with Gasteiger partial charge in [-0.15, -0.1) is 5.10 Å². The summed E-state index contributed by atoms with van der Waals surface area (Å²) < 4.78 is 20.4.